The third-order valence-corrected chi connectivity index (χ3v) is 2.60. The molecule has 1 aromatic rings. The molecule has 0 fully saturated rings. The van der Waals surface area contributed by atoms with Crippen LogP contribution in [0.2, 0.25) is 0 Å². The second kappa shape index (κ2) is 3.99. The van der Waals surface area contributed by atoms with E-state index in [1.807, 2.05) is 20.8 Å². The molecule has 4 nitrogen and oxygen atoms in total. The number of aromatic nitrogens is 1. The molecule has 1 heterocycles. The maximum absolute atomic E-state index is 10.8. The Morgan fingerprint density at radius 2 is 2.13 bits per heavy atom. The number of hydrogen-bond acceptors (Lipinski definition) is 4. The lowest BCUT2D eigenvalue weighted by Crippen LogP contribution is -2.14. The zero-order valence-electron chi connectivity index (χ0n) is 9.21. The van der Waals surface area contributed by atoms with E-state index in [4.69, 9.17) is 5.26 Å². The van der Waals surface area contributed by atoms with Crippen molar-refractivity contribution in [2.24, 2.45) is 0 Å². The molecule has 0 aromatic carbocycles. The maximum Gasteiger partial charge on any atom is 0.223 e. The van der Waals surface area contributed by atoms with Crippen LogP contribution < -0.4 is 5.32 Å². The minimum Gasteiger partial charge on any atom is -0.302 e. The van der Waals surface area contributed by atoms with Gasteiger partial charge in [0.2, 0.25) is 5.91 Å². The smallest absolute Gasteiger partial charge is 0.223 e. The van der Waals surface area contributed by atoms with Gasteiger partial charge in [0.15, 0.2) is 5.13 Å². The van der Waals surface area contributed by atoms with Gasteiger partial charge in [0, 0.05) is 12.3 Å². The van der Waals surface area contributed by atoms with Crippen molar-refractivity contribution >= 4 is 22.4 Å². The molecule has 80 valence electrons. The first-order chi connectivity index (χ1) is 6.84. The molecule has 0 aliphatic rings. The van der Waals surface area contributed by atoms with Crippen LogP contribution in [0.15, 0.2) is 0 Å². The Bertz CT molecular complexity index is 423. The highest BCUT2D eigenvalue weighted by molar-refractivity contribution is 7.16. The van der Waals surface area contributed by atoms with Crippen molar-refractivity contribution in [3.63, 3.8) is 0 Å². The molecule has 0 spiro atoms. The van der Waals surface area contributed by atoms with Crippen LogP contribution in [0.25, 0.3) is 0 Å². The Morgan fingerprint density at radius 3 is 2.47 bits per heavy atom. The molecule has 0 radical (unpaired) electrons. The summed E-state index contributed by atoms with van der Waals surface area (Å²) in [6.07, 6.45) is 0. The molecule has 0 aliphatic heterocycles. The molecule has 1 N–H and O–H groups in total. The van der Waals surface area contributed by atoms with E-state index < -0.39 is 0 Å². The molecule has 0 aliphatic carbocycles. The number of nitrogens with zero attached hydrogens (tertiary/aromatic N) is 2. The van der Waals surface area contributed by atoms with Crippen LogP contribution >= 0.6 is 11.3 Å². The number of rotatable bonds is 1. The fraction of sp³-hybridized carbons (Fsp3) is 0.500. The Balaban J connectivity index is 3.13. The predicted molar refractivity (Wildman–Crippen MR) is 59.8 cm³/mol. The third kappa shape index (κ3) is 2.77. The zero-order chi connectivity index (χ0) is 11.6. The fourth-order valence-corrected chi connectivity index (χ4v) is 2.13. The fourth-order valence-electron chi connectivity index (χ4n) is 1.11. The lowest BCUT2D eigenvalue weighted by Gasteiger charge is -2.15. The molecule has 0 unspecified atom stereocenters. The van der Waals surface area contributed by atoms with Gasteiger partial charge in [0.05, 0.1) is 5.69 Å². The van der Waals surface area contributed by atoms with Gasteiger partial charge in [-0.2, -0.15) is 5.26 Å². The van der Waals surface area contributed by atoms with E-state index >= 15 is 0 Å². The summed E-state index contributed by atoms with van der Waals surface area (Å²) >= 11 is 1.21. The van der Waals surface area contributed by atoms with E-state index in [2.05, 4.69) is 16.4 Å². The molecule has 0 saturated carbocycles. The highest BCUT2D eigenvalue weighted by Crippen LogP contribution is 2.31. The lowest BCUT2D eigenvalue weighted by molar-refractivity contribution is -0.114. The number of hydrogen-bond donors (Lipinski definition) is 1. The van der Waals surface area contributed by atoms with Crippen molar-refractivity contribution < 1.29 is 4.79 Å². The molecule has 0 atom stereocenters. The van der Waals surface area contributed by atoms with Gasteiger partial charge in [-0.15, -0.1) is 0 Å². The van der Waals surface area contributed by atoms with Crippen LogP contribution in [-0.2, 0) is 10.2 Å². The van der Waals surface area contributed by atoms with Crippen LogP contribution in [-0.4, -0.2) is 10.9 Å². The van der Waals surface area contributed by atoms with Crippen LogP contribution in [0, 0.1) is 11.3 Å². The monoisotopic (exact) mass is 223 g/mol. The number of carbonyl (C=O) groups is 1. The molecule has 1 rings (SSSR count). The summed E-state index contributed by atoms with van der Waals surface area (Å²) in [5.74, 6) is -0.173. The van der Waals surface area contributed by atoms with E-state index in [0.717, 1.165) is 5.69 Å². The highest BCUT2D eigenvalue weighted by atomic mass is 32.1. The molecule has 5 heteroatoms. The van der Waals surface area contributed by atoms with E-state index in [0.29, 0.717) is 10.0 Å². The zero-order valence-corrected chi connectivity index (χ0v) is 10.0. The summed E-state index contributed by atoms with van der Waals surface area (Å²) in [6.45, 7) is 7.38. The predicted octanol–water partition coefficient (Wildman–Crippen LogP) is 2.27. The van der Waals surface area contributed by atoms with E-state index in [1.165, 1.54) is 18.3 Å². The van der Waals surface area contributed by atoms with Gasteiger partial charge < -0.3 is 5.32 Å². The first kappa shape index (κ1) is 11.7. The summed E-state index contributed by atoms with van der Waals surface area (Å²) in [6, 6.07) is 2.10. The van der Waals surface area contributed by atoms with Crippen molar-refractivity contribution in [3.05, 3.63) is 10.6 Å². The minimum atomic E-state index is -0.182. The van der Waals surface area contributed by atoms with Crippen LogP contribution in [0.1, 0.15) is 38.3 Å². The van der Waals surface area contributed by atoms with E-state index in [1.54, 1.807) is 0 Å². The van der Waals surface area contributed by atoms with Gasteiger partial charge in [-0.25, -0.2) is 4.98 Å². The maximum atomic E-state index is 10.8. The number of amides is 1. The van der Waals surface area contributed by atoms with Crippen molar-refractivity contribution in [1.82, 2.24) is 4.98 Å². The average molecular weight is 223 g/mol. The second-order valence-electron chi connectivity index (χ2n) is 4.24. The molecule has 15 heavy (non-hydrogen) atoms. The Kier molecular flexibility index (Phi) is 3.10. The Labute approximate surface area is 92.9 Å². The molecule has 0 bridgehead atoms. The third-order valence-electron chi connectivity index (χ3n) is 1.72. The second-order valence-corrected chi connectivity index (χ2v) is 5.24. The summed E-state index contributed by atoms with van der Waals surface area (Å²) in [4.78, 5) is 15.7. The quantitative estimate of drug-likeness (QED) is 0.794. The SMILES string of the molecule is CC(=O)Nc1nc(C(C)(C)C)c(C#N)s1. The van der Waals surface area contributed by atoms with E-state index in [-0.39, 0.29) is 11.3 Å². The summed E-state index contributed by atoms with van der Waals surface area (Å²) in [5.41, 5.74) is 0.553. The van der Waals surface area contributed by atoms with Crippen LogP contribution in [0.3, 0.4) is 0 Å². The Hall–Kier alpha value is -1.41. The first-order valence-corrected chi connectivity index (χ1v) is 5.35. The number of nitrogens with one attached hydrogen (secondary N) is 1. The lowest BCUT2D eigenvalue weighted by atomic mass is 9.91. The average Bonchev–Trinajstić information content (AvgIpc) is 2.45. The van der Waals surface area contributed by atoms with Crippen molar-refractivity contribution in [2.45, 2.75) is 33.1 Å². The first-order valence-electron chi connectivity index (χ1n) is 4.53. The number of anilines is 1. The number of thiazole rings is 1. The molecule has 1 aromatic heterocycles. The standard InChI is InChI=1S/C10H13N3OS/c1-6(14)12-9-13-8(10(2,3)4)7(5-11)15-9/h1-4H3,(H,12,13,14). The van der Waals surface area contributed by atoms with Gasteiger partial charge in [0.1, 0.15) is 10.9 Å². The van der Waals surface area contributed by atoms with Crippen LogP contribution in [0.4, 0.5) is 5.13 Å². The summed E-state index contributed by atoms with van der Waals surface area (Å²) in [7, 11) is 0. The topological polar surface area (TPSA) is 65.8 Å². The minimum absolute atomic E-state index is 0.173. The summed E-state index contributed by atoms with van der Waals surface area (Å²) in [5, 5.41) is 12.0. The van der Waals surface area contributed by atoms with Gasteiger partial charge in [-0.1, -0.05) is 32.1 Å². The van der Waals surface area contributed by atoms with Gasteiger partial charge in [-0.05, 0) is 0 Å². The molecular formula is C10H13N3OS. The normalized spacial score (nSPS) is 10.9. The Morgan fingerprint density at radius 1 is 1.53 bits per heavy atom. The largest absolute Gasteiger partial charge is 0.302 e. The number of carbonyl (C=O) groups excluding carboxylic acids is 1. The molecule has 0 saturated heterocycles. The van der Waals surface area contributed by atoms with Gasteiger partial charge in [0.25, 0.3) is 0 Å². The number of nitriles is 1. The van der Waals surface area contributed by atoms with Gasteiger partial charge >= 0.3 is 0 Å². The molecule has 1 amide bonds. The van der Waals surface area contributed by atoms with Gasteiger partial charge in [-0.3, -0.25) is 4.79 Å². The molecular weight excluding hydrogens is 210 g/mol. The van der Waals surface area contributed by atoms with Crippen molar-refractivity contribution in [2.75, 3.05) is 5.32 Å². The van der Waals surface area contributed by atoms with E-state index in [9.17, 15) is 4.79 Å². The van der Waals surface area contributed by atoms with Crippen LogP contribution in [0.5, 0.6) is 0 Å². The van der Waals surface area contributed by atoms with Crippen molar-refractivity contribution in [3.8, 4) is 6.07 Å². The highest BCUT2D eigenvalue weighted by Gasteiger charge is 2.23. The summed E-state index contributed by atoms with van der Waals surface area (Å²) < 4.78 is 0. The van der Waals surface area contributed by atoms with Crippen molar-refractivity contribution in [1.29, 1.82) is 5.26 Å².